The highest BCUT2D eigenvalue weighted by molar-refractivity contribution is 5.76. The van der Waals surface area contributed by atoms with Gasteiger partial charge in [0.15, 0.2) is 0 Å². The Labute approximate surface area is 135 Å². The van der Waals surface area contributed by atoms with Gasteiger partial charge in [0.25, 0.3) is 0 Å². The molecule has 0 heterocycles. The maximum Gasteiger partial charge on any atom is 0.315 e. The Morgan fingerprint density at radius 2 is 1.87 bits per heavy atom. The molecule has 0 bridgehead atoms. The molecule has 4 rings (SSSR count). The number of carbonyl (C=O) groups is 1. The van der Waals surface area contributed by atoms with Crippen LogP contribution in [-0.4, -0.2) is 23.8 Å². The van der Waals surface area contributed by atoms with Gasteiger partial charge in [-0.05, 0) is 29.0 Å². The Morgan fingerprint density at radius 3 is 2.65 bits per heavy atom. The summed E-state index contributed by atoms with van der Waals surface area (Å²) in [6.07, 6.45) is 1.05. The number of urea groups is 1. The highest BCUT2D eigenvalue weighted by atomic mass is 16.3. The van der Waals surface area contributed by atoms with Crippen molar-refractivity contribution in [1.82, 2.24) is 10.6 Å². The highest BCUT2D eigenvalue weighted by Crippen LogP contribution is 2.56. The summed E-state index contributed by atoms with van der Waals surface area (Å²) < 4.78 is 0. The van der Waals surface area contributed by atoms with Gasteiger partial charge in [-0.15, -0.1) is 0 Å². The van der Waals surface area contributed by atoms with E-state index in [4.69, 9.17) is 0 Å². The Balaban J connectivity index is 1.37. The van der Waals surface area contributed by atoms with Crippen LogP contribution in [0.25, 0.3) is 0 Å². The van der Waals surface area contributed by atoms with Gasteiger partial charge < -0.3 is 15.7 Å². The Morgan fingerprint density at radius 1 is 1.13 bits per heavy atom. The molecule has 4 atom stereocenters. The standard InChI is InChI=1S/C19H20N2O2/c22-11-16(12-6-2-1-3-7-12)20-19(23)21-18-15-10-13-8-4-5-9-14(13)17(15)18/h1-9,15-18,22H,10-11H2,(H2,20,21,23). The molecule has 2 aromatic rings. The van der Waals surface area contributed by atoms with E-state index >= 15 is 0 Å². The minimum absolute atomic E-state index is 0.113. The van der Waals surface area contributed by atoms with E-state index in [2.05, 4.69) is 34.9 Å². The Bertz CT molecular complexity index is 716. The van der Waals surface area contributed by atoms with Crippen molar-refractivity contribution in [2.24, 2.45) is 5.92 Å². The molecule has 0 saturated heterocycles. The van der Waals surface area contributed by atoms with E-state index < -0.39 is 0 Å². The molecule has 1 saturated carbocycles. The van der Waals surface area contributed by atoms with Crippen LogP contribution in [0.3, 0.4) is 0 Å². The summed E-state index contributed by atoms with van der Waals surface area (Å²) >= 11 is 0. The molecular formula is C19H20N2O2. The predicted molar refractivity (Wildman–Crippen MR) is 88.1 cm³/mol. The SMILES string of the molecule is O=C(NC(CO)c1ccccc1)NC1C2Cc3ccccc3C21. The number of benzene rings is 2. The van der Waals surface area contributed by atoms with Crippen LogP contribution in [-0.2, 0) is 6.42 Å². The second kappa shape index (κ2) is 5.70. The van der Waals surface area contributed by atoms with Crippen molar-refractivity contribution in [1.29, 1.82) is 0 Å². The normalized spacial score (nSPS) is 25.2. The third-order valence-electron chi connectivity index (χ3n) is 5.03. The largest absolute Gasteiger partial charge is 0.394 e. The summed E-state index contributed by atoms with van der Waals surface area (Å²) in [4.78, 5) is 12.2. The van der Waals surface area contributed by atoms with Crippen molar-refractivity contribution in [3.05, 3.63) is 71.3 Å². The molecule has 2 amide bonds. The maximum absolute atomic E-state index is 12.2. The summed E-state index contributed by atoms with van der Waals surface area (Å²) in [6, 6.07) is 17.7. The number of hydrogen-bond donors (Lipinski definition) is 3. The molecule has 2 aliphatic rings. The molecular weight excluding hydrogens is 288 g/mol. The molecule has 4 unspecified atom stereocenters. The second-order valence-corrected chi connectivity index (χ2v) is 6.38. The minimum atomic E-state index is -0.373. The first-order chi connectivity index (χ1) is 11.3. The van der Waals surface area contributed by atoms with E-state index in [9.17, 15) is 9.90 Å². The molecule has 4 heteroatoms. The minimum Gasteiger partial charge on any atom is -0.394 e. The van der Waals surface area contributed by atoms with Crippen LogP contribution < -0.4 is 10.6 Å². The van der Waals surface area contributed by atoms with Crippen LogP contribution in [0.15, 0.2) is 54.6 Å². The lowest BCUT2D eigenvalue weighted by atomic mass is 10.1. The monoisotopic (exact) mass is 308 g/mol. The molecule has 0 spiro atoms. The fourth-order valence-electron chi connectivity index (χ4n) is 3.82. The van der Waals surface area contributed by atoms with Gasteiger partial charge in [0.05, 0.1) is 12.6 Å². The van der Waals surface area contributed by atoms with Crippen molar-refractivity contribution in [3.8, 4) is 0 Å². The highest BCUT2D eigenvalue weighted by Gasteiger charge is 2.56. The maximum atomic E-state index is 12.2. The van der Waals surface area contributed by atoms with Gasteiger partial charge in [0.2, 0.25) is 0 Å². The lowest BCUT2D eigenvalue weighted by Crippen LogP contribution is -2.41. The molecule has 2 aromatic carbocycles. The molecule has 0 aromatic heterocycles. The fourth-order valence-corrected chi connectivity index (χ4v) is 3.82. The van der Waals surface area contributed by atoms with E-state index in [0.717, 1.165) is 12.0 Å². The molecule has 0 radical (unpaired) electrons. The third-order valence-corrected chi connectivity index (χ3v) is 5.03. The first-order valence-electron chi connectivity index (χ1n) is 8.08. The van der Waals surface area contributed by atoms with E-state index in [1.807, 2.05) is 30.3 Å². The quantitative estimate of drug-likeness (QED) is 0.812. The smallest absolute Gasteiger partial charge is 0.315 e. The Kier molecular flexibility index (Phi) is 3.54. The van der Waals surface area contributed by atoms with Gasteiger partial charge in [-0.25, -0.2) is 4.79 Å². The van der Waals surface area contributed by atoms with Gasteiger partial charge in [-0.3, -0.25) is 0 Å². The zero-order valence-corrected chi connectivity index (χ0v) is 12.8. The summed E-state index contributed by atoms with van der Waals surface area (Å²) in [7, 11) is 0. The molecule has 0 aliphatic heterocycles. The first kappa shape index (κ1) is 14.3. The summed E-state index contributed by atoms with van der Waals surface area (Å²) in [5.74, 6) is 0.990. The average molecular weight is 308 g/mol. The van der Waals surface area contributed by atoms with E-state index in [-0.39, 0.29) is 24.7 Å². The van der Waals surface area contributed by atoms with Gasteiger partial charge >= 0.3 is 6.03 Å². The van der Waals surface area contributed by atoms with Crippen LogP contribution in [0.2, 0.25) is 0 Å². The van der Waals surface area contributed by atoms with Crippen molar-refractivity contribution >= 4 is 6.03 Å². The van der Waals surface area contributed by atoms with Crippen LogP contribution in [0, 0.1) is 5.92 Å². The lowest BCUT2D eigenvalue weighted by molar-refractivity contribution is 0.216. The fraction of sp³-hybridized carbons (Fsp3) is 0.316. The van der Waals surface area contributed by atoms with Crippen LogP contribution in [0.1, 0.15) is 28.7 Å². The van der Waals surface area contributed by atoms with Gasteiger partial charge in [-0.1, -0.05) is 54.6 Å². The summed E-state index contributed by atoms with van der Waals surface area (Å²) in [6.45, 7) is -0.113. The van der Waals surface area contributed by atoms with E-state index in [0.29, 0.717) is 11.8 Å². The molecule has 2 aliphatic carbocycles. The van der Waals surface area contributed by atoms with E-state index in [1.54, 1.807) is 0 Å². The molecule has 1 fully saturated rings. The average Bonchev–Trinajstić information content (AvgIpc) is 3.09. The van der Waals surface area contributed by atoms with Crippen LogP contribution >= 0.6 is 0 Å². The number of nitrogens with one attached hydrogen (secondary N) is 2. The van der Waals surface area contributed by atoms with Crippen LogP contribution in [0.4, 0.5) is 4.79 Å². The number of carbonyl (C=O) groups excluding carboxylic acids is 1. The summed E-state index contributed by atoms with van der Waals surface area (Å²) in [5.41, 5.74) is 3.70. The number of rotatable bonds is 4. The van der Waals surface area contributed by atoms with Gasteiger partial charge in [-0.2, -0.15) is 0 Å². The first-order valence-corrected chi connectivity index (χ1v) is 8.08. The second-order valence-electron chi connectivity index (χ2n) is 6.38. The topological polar surface area (TPSA) is 61.4 Å². The number of fused-ring (bicyclic) bond motifs is 3. The Hall–Kier alpha value is -2.33. The van der Waals surface area contributed by atoms with Crippen molar-refractivity contribution < 1.29 is 9.90 Å². The molecule has 4 nitrogen and oxygen atoms in total. The molecule has 3 N–H and O–H groups in total. The third kappa shape index (κ3) is 2.59. The molecule has 118 valence electrons. The van der Waals surface area contributed by atoms with Crippen molar-refractivity contribution in [3.63, 3.8) is 0 Å². The zero-order valence-electron chi connectivity index (χ0n) is 12.8. The summed E-state index contributed by atoms with van der Waals surface area (Å²) in [5, 5.41) is 15.5. The van der Waals surface area contributed by atoms with Gasteiger partial charge in [0.1, 0.15) is 0 Å². The van der Waals surface area contributed by atoms with Crippen LogP contribution in [0.5, 0.6) is 0 Å². The van der Waals surface area contributed by atoms with Crippen molar-refractivity contribution in [2.75, 3.05) is 6.61 Å². The van der Waals surface area contributed by atoms with Gasteiger partial charge in [0, 0.05) is 12.0 Å². The zero-order chi connectivity index (χ0) is 15.8. The molecule has 23 heavy (non-hydrogen) atoms. The number of aliphatic hydroxyl groups excluding tert-OH is 1. The van der Waals surface area contributed by atoms with E-state index in [1.165, 1.54) is 11.1 Å². The van der Waals surface area contributed by atoms with Crippen molar-refractivity contribution in [2.45, 2.75) is 24.4 Å². The lowest BCUT2D eigenvalue weighted by Gasteiger charge is -2.18. The number of aliphatic hydroxyl groups is 1. The predicted octanol–water partition coefficient (Wildman–Crippen LogP) is 2.36. The number of amides is 2. The number of hydrogen-bond acceptors (Lipinski definition) is 2.